The number of esters is 4. The first-order valence-electron chi connectivity index (χ1n) is 18.7. The van der Waals surface area contributed by atoms with Crippen LogP contribution < -0.4 is 0 Å². The molecular formula is C52H96O12P-. The maximum atomic E-state index is 11.6. The number of ether oxygens (including phenoxy) is 4. The Labute approximate surface area is 401 Å². The second-order valence-electron chi connectivity index (χ2n) is 14.8. The van der Waals surface area contributed by atoms with E-state index in [2.05, 4.69) is 29.2 Å². The number of benzene rings is 2. The van der Waals surface area contributed by atoms with Gasteiger partial charge in [0.05, 0.1) is 30.5 Å². The third kappa shape index (κ3) is 46.7. The lowest BCUT2D eigenvalue weighted by atomic mass is 9.91. The fraction of sp³-hybridized carbons (Fsp3) is 0.538. The first-order chi connectivity index (χ1) is 26.6. The van der Waals surface area contributed by atoms with E-state index in [-0.39, 0.29) is 94.7 Å². The van der Waals surface area contributed by atoms with Gasteiger partial charge in [-0.1, -0.05) is 146 Å². The Hall–Kier alpha value is -5.09. The first kappa shape index (κ1) is 86.9. The molecule has 65 heavy (non-hydrogen) atoms. The Morgan fingerprint density at radius 3 is 0.969 bits per heavy atom. The number of hydrogen-bond donors (Lipinski definition) is 2. The molecule has 13 heteroatoms. The van der Waals surface area contributed by atoms with Crippen molar-refractivity contribution >= 4 is 45.7 Å². The molecule has 0 saturated carbocycles. The summed E-state index contributed by atoms with van der Waals surface area (Å²) < 4.78 is 19.0. The van der Waals surface area contributed by atoms with Gasteiger partial charge in [0.25, 0.3) is 0 Å². The van der Waals surface area contributed by atoms with Crippen LogP contribution in [-0.2, 0) is 60.9 Å². The van der Waals surface area contributed by atoms with Crippen molar-refractivity contribution < 1.29 is 57.9 Å². The van der Waals surface area contributed by atoms with Gasteiger partial charge in [-0.2, -0.15) is 0 Å². The molecule has 2 N–H and O–H groups in total. The number of hydrogen-bond acceptors (Lipinski definition) is 10. The van der Waals surface area contributed by atoms with Crippen molar-refractivity contribution in [3.63, 3.8) is 0 Å². The van der Waals surface area contributed by atoms with E-state index in [4.69, 9.17) is 19.7 Å². The van der Waals surface area contributed by atoms with Crippen LogP contribution in [0.15, 0.2) is 97.1 Å². The molecule has 2 aromatic carbocycles. The number of aliphatic carboxylic acids is 2. The van der Waals surface area contributed by atoms with Crippen LogP contribution in [0.4, 0.5) is 0 Å². The number of carboxylic acids is 2. The van der Waals surface area contributed by atoms with Crippen molar-refractivity contribution in [1.29, 1.82) is 0 Å². The predicted molar refractivity (Wildman–Crippen MR) is 279 cm³/mol. The monoisotopic (exact) mass is 944 g/mol. The highest BCUT2D eigenvalue weighted by Crippen LogP contribution is 2.22. The van der Waals surface area contributed by atoms with E-state index in [1.54, 1.807) is 27.7 Å². The van der Waals surface area contributed by atoms with E-state index in [1.807, 2.05) is 109 Å². The standard InChI is InChI=1S/C13H18O2.C11H12O2.C7H14O2.C6H12O2.C5H8O2.C4H6O2.6CH4.H2P/c1-4-13(2,3)12(14)15-10-11-8-6-5-7-9-11;1-9(2)11(12)13-8-10-6-4-3-5-7-10;1-5-7(2,3)6(8)9-4;1-4-6(2,3)5(7)8;1-4(2)5(6)7-3;1-3(2)4(5)6;;;;;;;/h5-9H,4,10H2,1-3H3;3-7H,1,8H2,2H3;5H2,1-4H3;4H2,1-3H3,(H,7,8);1H2,2-3H3;1H2,2H3,(H,5,6);6*1H4;1H2/q;;;;;;;;;;;;-1. The second-order valence-corrected chi connectivity index (χ2v) is 14.8. The SMILES string of the molecule is C.C.C.C.C.C.C=C(C)C(=O)O.C=C(C)C(=O)OC.C=C(C)C(=O)OCc1ccccc1.CCC(C)(C)C(=O)O.CCC(C)(C)C(=O)OC.CCC(C)(C)C(=O)OCc1ccccc1.[PH2-]. The van der Waals surface area contributed by atoms with Crippen molar-refractivity contribution in [1.82, 2.24) is 0 Å². The fourth-order valence-corrected chi connectivity index (χ4v) is 2.66. The molecule has 0 unspecified atom stereocenters. The van der Waals surface area contributed by atoms with Crippen molar-refractivity contribution in [3.05, 3.63) is 108 Å². The van der Waals surface area contributed by atoms with Gasteiger partial charge in [0, 0.05) is 16.7 Å². The predicted octanol–water partition coefficient (Wildman–Crippen LogP) is 14.1. The minimum absolute atomic E-state index is 0. The van der Waals surface area contributed by atoms with Crippen LogP contribution in [-0.4, -0.2) is 60.2 Å². The second kappa shape index (κ2) is 46.9. The zero-order valence-electron chi connectivity index (χ0n) is 38.0. The number of carbonyl (C=O) groups is 6. The van der Waals surface area contributed by atoms with Gasteiger partial charge in [-0.3, -0.25) is 14.4 Å². The lowest BCUT2D eigenvalue weighted by Gasteiger charge is -2.20. The van der Waals surface area contributed by atoms with Gasteiger partial charge >= 0.3 is 35.8 Å². The number of methoxy groups -OCH3 is 2. The fourth-order valence-electron chi connectivity index (χ4n) is 2.66. The molecule has 2 aromatic rings. The van der Waals surface area contributed by atoms with Crippen LogP contribution in [0.2, 0.25) is 0 Å². The molecule has 0 aromatic heterocycles. The van der Waals surface area contributed by atoms with Crippen LogP contribution in [0.1, 0.15) is 158 Å². The zero-order valence-corrected chi connectivity index (χ0v) is 39.1. The molecule has 0 aliphatic heterocycles. The summed E-state index contributed by atoms with van der Waals surface area (Å²) in [6.45, 7) is 32.2. The van der Waals surface area contributed by atoms with Crippen molar-refractivity contribution in [2.45, 2.75) is 160 Å². The molecular weight excluding hydrogens is 848 g/mol. The highest BCUT2D eigenvalue weighted by Gasteiger charge is 2.27. The molecule has 0 amide bonds. The van der Waals surface area contributed by atoms with Crippen LogP contribution in [0.3, 0.4) is 0 Å². The third-order valence-electron chi connectivity index (χ3n) is 8.19. The molecule has 0 heterocycles. The topological polar surface area (TPSA) is 180 Å². The maximum absolute atomic E-state index is 11.6. The van der Waals surface area contributed by atoms with E-state index in [9.17, 15) is 28.8 Å². The Morgan fingerprint density at radius 1 is 0.492 bits per heavy atom. The molecule has 0 fully saturated rings. The molecule has 0 aliphatic carbocycles. The van der Waals surface area contributed by atoms with Gasteiger partial charge in [0.2, 0.25) is 0 Å². The normalized spacial score (nSPS) is 8.89. The largest absolute Gasteiger partial charge is 0.577 e. The molecule has 0 bridgehead atoms. The van der Waals surface area contributed by atoms with E-state index in [1.165, 1.54) is 21.1 Å². The van der Waals surface area contributed by atoms with Crippen LogP contribution in [0, 0.1) is 16.2 Å². The molecule has 12 nitrogen and oxygen atoms in total. The Balaban J connectivity index is -0.0000000602. The minimum atomic E-state index is -0.935. The summed E-state index contributed by atoms with van der Waals surface area (Å²) >= 11 is 0. The van der Waals surface area contributed by atoms with Gasteiger partial charge in [-0.05, 0) is 92.7 Å². The molecule has 0 atom stereocenters. The summed E-state index contributed by atoms with van der Waals surface area (Å²) in [6.07, 6.45) is 2.29. The molecule has 0 aliphatic rings. The summed E-state index contributed by atoms with van der Waals surface area (Å²) in [7, 11) is 2.75. The van der Waals surface area contributed by atoms with Crippen molar-refractivity contribution in [2.75, 3.05) is 14.2 Å². The molecule has 0 saturated heterocycles. The van der Waals surface area contributed by atoms with Crippen molar-refractivity contribution in [3.8, 4) is 0 Å². The summed E-state index contributed by atoms with van der Waals surface area (Å²) in [5, 5.41) is 16.3. The van der Waals surface area contributed by atoms with Crippen LogP contribution in [0.5, 0.6) is 0 Å². The first-order valence-corrected chi connectivity index (χ1v) is 18.7. The van der Waals surface area contributed by atoms with Gasteiger partial charge in [-0.25, -0.2) is 14.4 Å². The summed E-state index contributed by atoms with van der Waals surface area (Å²) in [5.41, 5.74) is 1.81. The smallest absolute Gasteiger partial charge is 0.333 e. The van der Waals surface area contributed by atoms with E-state index >= 15 is 0 Å². The zero-order chi connectivity index (χ0) is 46.3. The van der Waals surface area contributed by atoms with Gasteiger partial charge in [0.1, 0.15) is 13.2 Å². The molecule has 0 spiro atoms. The van der Waals surface area contributed by atoms with Crippen LogP contribution >= 0.6 is 9.90 Å². The molecule has 382 valence electrons. The Kier molecular flexibility index (Phi) is 62.7. The third-order valence-corrected chi connectivity index (χ3v) is 8.19. The van der Waals surface area contributed by atoms with Crippen molar-refractivity contribution in [2.24, 2.45) is 16.2 Å². The van der Waals surface area contributed by atoms with Gasteiger partial charge < -0.3 is 39.1 Å². The number of rotatable bonds is 13. The minimum Gasteiger partial charge on any atom is -0.577 e. The van der Waals surface area contributed by atoms with Gasteiger partial charge in [-0.15, -0.1) is 0 Å². The van der Waals surface area contributed by atoms with Gasteiger partial charge in [0.15, 0.2) is 0 Å². The highest BCUT2D eigenvalue weighted by molar-refractivity contribution is 6.92. The molecule has 2 rings (SSSR count). The Bertz CT molecular complexity index is 1570. The van der Waals surface area contributed by atoms with E-state index in [0.717, 1.165) is 24.0 Å². The Morgan fingerprint density at radius 2 is 0.785 bits per heavy atom. The summed E-state index contributed by atoms with van der Waals surface area (Å²) in [4.78, 5) is 63.5. The van der Waals surface area contributed by atoms with E-state index < -0.39 is 17.4 Å². The average Bonchev–Trinajstić information content (AvgIpc) is 3.19. The average molecular weight is 944 g/mol. The number of carbonyl (C=O) groups excluding carboxylic acids is 4. The highest BCUT2D eigenvalue weighted by atomic mass is 31.0. The lowest BCUT2D eigenvalue weighted by molar-refractivity contribution is -0.155. The quantitative estimate of drug-likeness (QED) is 0.0841. The van der Waals surface area contributed by atoms with E-state index in [0.29, 0.717) is 30.8 Å². The maximum Gasteiger partial charge on any atom is 0.333 e. The van der Waals surface area contributed by atoms with Crippen LogP contribution in [0.25, 0.3) is 0 Å². The number of carboxylic acid groups (broad SMARTS) is 2. The summed E-state index contributed by atoms with van der Waals surface area (Å²) in [5.74, 6) is -2.61. The summed E-state index contributed by atoms with van der Waals surface area (Å²) in [6, 6.07) is 19.3. The molecule has 0 radical (unpaired) electrons. The lowest BCUT2D eigenvalue weighted by Crippen LogP contribution is -2.25.